The minimum atomic E-state index is -0.836. The van der Waals surface area contributed by atoms with E-state index in [0.717, 1.165) is 0 Å². The molecule has 0 aliphatic heterocycles. The minimum absolute atomic E-state index is 0.00784. The van der Waals surface area contributed by atoms with E-state index in [1.807, 2.05) is 0 Å². The normalized spacial score (nSPS) is 12.3. The molecule has 2 rings (SSSR count). The van der Waals surface area contributed by atoms with E-state index in [2.05, 4.69) is 4.74 Å². The summed E-state index contributed by atoms with van der Waals surface area (Å²) >= 11 is 5.82. The number of ether oxygens (including phenoxy) is 1. The predicted molar refractivity (Wildman–Crippen MR) is 80.0 cm³/mol. The number of halogens is 1. The molecule has 0 aliphatic carbocycles. The van der Waals surface area contributed by atoms with Gasteiger partial charge in [0, 0.05) is 27.4 Å². The van der Waals surface area contributed by atoms with E-state index in [1.54, 1.807) is 13.0 Å². The molecule has 2 aromatic rings. The Hall–Kier alpha value is -1.66. The van der Waals surface area contributed by atoms with Crippen molar-refractivity contribution in [3.63, 3.8) is 0 Å². The SMILES string of the molecule is CC[S+](CC(=O)OC)c1c([O-])c2ccc(Cl)cc2oc1=O. The molecule has 0 saturated heterocycles. The molecule has 0 fully saturated rings. The second-order valence-electron chi connectivity index (χ2n) is 4.19. The number of fused-ring (bicyclic) bond motifs is 1. The molecule has 1 atom stereocenters. The Morgan fingerprint density at radius 3 is 2.81 bits per heavy atom. The molecule has 0 radical (unpaired) electrons. The third-order valence-electron chi connectivity index (χ3n) is 2.94. The van der Waals surface area contributed by atoms with Gasteiger partial charge in [0.15, 0.2) is 0 Å². The molecule has 0 spiro atoms. The van der Waals surface area contributed by atoms with Gasteiger partial charge in [-0.3, -0.25) is 0 Å². The number of benzene rings is 1. The van der Waals surface area contributed by atoms with E-state index >= 15 is 0 Å². The fourth-order valence-electron chi connectivity index (χ4n) is 1.90. The van der Waals surface area contributed by atoms with Gasteiger partial charge >= 0.3 is 11.6 Å². The molecular formula is C14H13ClO5S. The Bertz CT molecular complexity index is 740. The highest BCUT2D eigenvalue weighted by molar-refractivity contribution is 7.97. The molecule has 21 heavy (non-hydrogen) atoms. The van der Waals surface area contributed by atoms with Gasteiger partial charge < -0.3 is 14.3 Å². The van der Waals surface area contributed by atoms with Crippen LogP contribution >= 0.6 is 11.6 Å². The third kappa shape index (κ3) is 3.16. The van der Waals surface area contributed by atoms with Crippen LogP contribution in [-0.4, -0.2) is 24.6 Å². The molecule has 1 heterocycles. The largest absolute Gasteiger partial charge is 0.868 e. The lowest BCUT2D eigenvalue weighted by atomic mass is 10.2. The van der Waals surface area contributed by atoms with Gasteiger partial charge in [-0.1, -0.05) is 17.7 Å². The molecule has 0 N–H and O–H groups in total. The van der Waals surface area contributed by atoms with Crippen molar-refractivity contribution in [2.75, 3.05) is 18.6 Å². The quantitative estimate of drug-likeness (QED) is 0.485. The summed E-state index contributed by atoms with van der Waals surface area (Å²) in [6.07, 6.45) is 0. The highest BCUT2D eigenvalue weighted by Gasteiger charge is 2.30. The van der Waals surface area contributed by atoms with Crippen LogP contribution in [0.4, 0.5) is 0 Å². The summed E-state index contributed by atoms with van der Waals surface area (Å²) in [5, 5.41) is 13.1. The average molecular weight is 329 g/mol. The van der Waals surface area contributed by atoms with Crippen LogP contribution in [0.2, 0.25) is 5.02 Å². The van der Waals surface area contributed by atoms with Crippen LogP contribution in [0.25, 0.3) is 11.0 Å². The second kappa shape index (κ2) is 6.41. The Labute approximate surface area is 128 Å². The molecule has 112 valence electrons. The van der Waals surface area contributed by atoms with Crippen molar-refractivity contribution < 1.29 is 19.1 Å². The molecule has 0 amide bonds. The topological polar surface area (TPSA) is 79.6 Å². The Kier molecular flexibility index (Phi) is 4.80. The monoisotopic (exact) mass is 328 g/mol. The molecule has 1 aromatic carbocycles. The highest BCUT2D eigenvalue weighted by Crippen LogP contribution is 2.30. The predicted octanol–water partition coefficient (Wildman–Crippen LogP) is 1.69. The molecule has 0 aliphatic rings. The van der Waals surface area contributed by atoms with Crippen LogP contribution in [0.1, 0.15) is 6.92 Å². The number of carbonyl (C=O) groups excluding carboxylic acids is 1. The Balaban J connectivity index is 2.60. The van der Waals surface area contributed by atoms with Crippen molar-refractivity contribution in [3.05, 3.63) is 33.6 Å². The number of carbonyl (C=O) groups is 1. The Morgan fingerprint density at radius 2 is 2.19 bits per heavy atom. The van der Waals surface area contributed by atoms with Crippen molar-refractivity contribution in [2.24, 2.45) is 0 Å². The first-order valence-corrected chi connectivity index (χ1v) is 8.09. The molecule has 1 unspecified atom stereocenters. The maximum atomic E-state index is 12.5. The van der Waals surface area contributed by atoms with E-state index in [9.17, 15) is 14.7 Å². The van der Waals surface area contributed by atoms with Crippen LogP contribution in [-0.2, 0) is 20.4 Å². The van der Waals surface area contributed by atoms with E-state index < -0.39 is 28.2 Å². The molecule has 1 aromatic heterocycles. The Morgan fingerprint density at radius 1 is 1.48 bits per heavy atom. The van der Waals surface area contributed by atoms with E-state index in [4.69, 9.17) is 16.0 Å². The van der Waals surface area contributed by atoms with Crippen molar-refractivity contribution in [1.82, 2.24) is 0 Å². The minimum Gasteiger partial charge on any atom is -0.868 e. The second-order valence-corrected chi connectivity index (χ2v) is 6.89. The maximum absolute atomic E-state index is 12.5. The smallest absolute Gasteiger partial charge is 0.391 e. The average Bonchev–Trinajstić information content (AvgIpc) is 2.45. The van der Waals surface area contributed by atoms with E-state index in [1.165, 1.54) is 19.2 Å². The zero-order valence-electron chi connectivity index (χ0n) is 11.5. The lowest BCUT2D eigenvalue weighted by molar-refractivity contribution is -0.270. The first-order valence-electron chi connectivity index (χ1n) is 6.15. The van der Waals surface area contributed by atoms with Gasteiger partial charge in [-0.15, -0.1) is 0 Å². The summed E-state index contributed by atoms with van der Waals surface area (Å²) in [7, 11) is 0.431. The van der Waals surface area contributed by atoms with Gasteiger partial charge in [0.2, 0.25) is 10.6 Å². The van der Waals surface area contributed by atoms with Crippen molar-refractivity contribution in [3.8, 4) is 5.75 Å². The van der Waals surface area contributed by atoms with E-state index in [0.29, 0.717) is 10.8 Å². The first-order chi connectivity index (χ1) is 9.97. The zero-order valence-corrected chi connectivity index (χ0v) is 13.0. The van der Waals surface area contributed by atoms with Gasteiger partial charge in [0.1, 0.15) is 11.3 Å². The fourth-order valence-corrected chi connectivity index (χ4v) is 3.75. The van der Waals surface area contributed by atoms with Crippen LogP contribution < -0.4 is 10.7 Å². The maximum Gasteiger partial charge on any atom is 0.391 e. The fraction of sp³-hybridized carbons (Fsp3) is 0.286. The van der Waals surface area contributed by atoms with Crippen LogP contribution in [0.15, 0.2) is 32.3 Å². The van der Waals surface area contributed by atoms with Crippen LogP contribution in [0.3, 0.4) is 0 Å². The van der Waals surface area contributed by atoms with E-state index in [-0.39, 0.29) is 21.6 Å². The van der Waals surface area contributed by atoms with Gasteiger partial charge in [0.25, 0.3) is 0 Å². The number of methoxy groups -OCH3 is 1. The van der Waals surface area contributed by atoms with Crippen molar-refractivity contribution in [2.45, 2.75) is 11.8 Å². The lowest BCUT2D eigenvalue weighted by Gasteiger charge is -2.14. The molecular weight excluding hydrogens is 316 g/mol. The molecule has 0 bridgehead atoms. The molecule has 5 nitrogen and oxygen atoms in total. The third-order valence-corrected chi connectivity index (χ3v) is 5.39. The number of rotatable bonds is 4. The first kappa shape index (κ1) is 15.7. The summed E-state index contributed by atoms with van der Waals surface area (Å²) < 4.78 is 9.77. The van der Waals surface area contributed by atoms with Crippen LogP contribution in [0, 0.1) is 0 Å². The van der Waals surface area contributed by atoms with Crippen molar-refractivity contribution >= 4 is 39.4 Å². The summed E-state index contributed by atoms with van der Waals surface area (Å²) in [5.74, 6) is -0.400. The lowest BCUT2D eigenvalue weighted by Crippen LogP contribution is -2.26. The molecule has 7 heteroatoms. The van der Waals surface area contributed by atoms with Gasteiger partial charge in [-0.25, -0.2) is 9.59 Å². The van der Waals surface area contributed by atoms with Gasteiger partial charge in [0.05, 0.1) is 7.11 Å². The van der Waals surface area contributed by atoms with Crippen LogP contribution in [0.5, 0.6) is 5.75 Å². The number of esters is 1. The van der Waals surface area contributed by atoms with Crippen molar-refractivity contribution in [1.29, 1.82) is 0 Å². The molecule has 0 saturated carbocycles. The number of hydrogen-bond acceptors (Lipinski definition) is 5. The van der Waals surface area contributed by atoms with Gasteiger partial charge in [-0.05, 0) is 18.7 Å². The summed E-state index contributed by atoms with van der Waals surface area (Å²) in [6.45, 7) is 1.80. The standard InChI is InChI=1S/C14H13ClO5S/c1-3-21(7-11(16)19-2)13-12(17)9-5-4-8(15)6-10(9)20-14(13)18/h4-6H,3,7H2,1-2H3. The summed E-state index contributed by atoms with van der Waals surface area (Å²) in [5.41, 5.74) is -0.567. The summed E-state index contributed by atoms with van der Waals surface area (Å²) in [4.78, 5) is 23.5. The zero-order chi connectivity index (χ0) is 15.6. The highest BCUT2D eigenvalue weighted by atomic mass is 35.5. The summed E-state index contributed by atoms with van der Waals surface area (Å²) in [6, 6.07) is 4.50. The van der Waals surface area contributed by atoms with Gasteiger partial charge in [-0.2, -0.15) is 0 Å². The number of hydrogen-bond donors (Lipinski definition) is 0.